The van der Waals surface area contributed by atoms with E-state index < -0.39 is 23.4 Å². The summed E-state index contributed by atoms with van der Waals surface area (Å²) in [6, 6.07) is 0. The van der Waals surface area contributed by atoms with Crippen LogP contribution in [0.15, 0.2) is 47.6 Å². The normalized spacial score (nSPS) is 35.1. The minimum Gasteiger partial charge on any atom is -0.367 e. The third-order valence-electron chi connectivity index (χ3n) is 4.57. The molecule has 0 bridgehead atoms. The molecule has 0 aromatic heterocycles. The molecule has 0 aromatic rings. The fraction of sp³-hybridized carbons (Fsp3) is 0.556. The van der Waals surface area contributed by atoms with Crippen molar-refractivity contribution >= 4 is 0 Å². The van der Waals surface area contributed by atoms with E-state index in [4.69, 9.17) is 4.74 Å². The maximum Gasteiger partial charge on any atom is 0.166 e. The van der Waals surface area contributed by atoms with Gasteiger partial charge in [-0.05, 0) is 26.7 Å². The van der Waals surface area contributed by atoms with Crippen LogP contribution in [0.3, 0.4) is 0 Å². The first-order valence-electron chi connectivity index (χ1n) is 7.49. The molecule has 4 atom stereocenters. The molecule has 0 radical (unpaired) electrons. The Labute approximate surface area is 127 Å². The quantitative estimate of drug-likeness (QED) is 0.780. The second kappa shape index (κ2) is 5.91. The van der Waals surface area contributed by atoms with Crippen LogP contribution in [0.2, 0.25) is 0 Å². The molecule has 2 aliphatic rings. The number of ether oxygens (including phenoxy) is 1. The average molecular weight is 290 g/mol. The molecule has 2 N–H and O–H groups in total. The van der Waals surface area contributed by atoms with E-state index in [1.165, 1.54) is 11.1 Å². The van der Waals surface area contributed by atoms with Gasteiger partial charge in [0.15, 0.2) is 12.6 Å². The molecule has 3 nitrogen and oxygen atoms in total. The van der Waals surface area contributed by atoms with E-state index in [0.717, 1.165) is 0 Å². The highest BCUT2D eigenvalue weighted by Crippen LogP contribution is 2.38. The van der Waals surface area contributed by atoms with E-state index in [1.807, 2.05) is 52.0 Å². The van der Waals surface area contributed by atoms with Gasteiger partial charge in [-0.2, -0.15) is 0 Å². The minimum absolute atomic E-state index is 0.499. The Bertz CT molecular complexity index is 469. The lowest BCUT2D eigenvalue weighted by Gasteiger charge is -2.38. The summed E-state index contributed by atoms with van der Waals surface area (Å²) < 4.78 is 5.56. The third-order valence-corrected chi connectivity index (χ3v) is 4.57. The summed E-state index contributed by atoms with van der Waals surface area (Å²) in [6.45, 7) is 7.93. The van der Waals surface area contributed by atoms with Crippen molar-refractivity contribution < 1.29 is 14.9 Å². The van der Waals surface area contributed by atoms with E-state index in [0.29, 0.717) is 12.8 Å². The van der Waals surface area contributed by atoms with Crippen molar-refractivity contribution in [1.82, 2.24) is 0 Å². The van der Waals surface area contributed by atoms with Crippen LogP contribution in [0.5, 0.6) is 0 Å². The van der Waals surface area contributed by atoms with Gasteiger partial charge in [-0.25, -0.2) is 0 Å². The van der Waals surface area contributed by atoms with E-state index in [1.54, 1.807) is 0 Å². The van der Waals surface area contributed by atoms with Gasteiger partial charge in [-0.15, -0.1) is 0 Å². The molecule has 0 fully saturated rings. The van der Waals surface area contributed by atoms with Gasteiger partial charge in [0, 0.05) is 10.8 Å². The summed E-state index contributed by atoms with van der Waals surface area (Å²) in [6.07, 6.45) is 11.4. The van der Waals surface area contributed by atoms with Crippen molar-refractivity contribution in [3.8, 4) is 0 Å². The van der Waals surface area contributed by atoms with Gasteiger partial charge >= 0.3 is 0 Å². The molecule has 0 saturated heterocycles. The van der Waals surface area contributed by atoms with Crippen LogP contribution in [0, 0.1) is 10.8 Å². The molecule has 2 aliphatic carbocycles. The average Bonchev–Trinajstić information content (AvgIpc) is 2.45. The smallest absolute Gasteiger partial charge is 0.166 e. The van der Waals surface area contributed by atoms with Crippen LogP contribution in [0.4, 0.5) is 0 Å². The zero-order valence-corrected chi connectivity index (χ0v) is 13.3. The number of hydrogen-bond acceptors (Lipinski definition) is 3. The maximum absolute atomic E-state index is 10.4. The molecular weight excluding hydrogens is 264 g/mol. The van der Waals surface area contributed by atoms with Gasteiger partial charge < -0.3 is 14.9 Å². The van der Waals surface area contributed by atoms with Gasteiger partial charge in [0.05, 0.1) is 0 Å². The van der Waals surface area contributed by atoms with Gasteiger partial charge in [-0.3, -0.25) is 0 Å². The lowest BCUT2D eigenvalue weighted by atomic mass is 9.80. The molecule has 116 valence electrons. The van der Waals surface area contributed by atoms with Gasteiger partial charge in [0.25, 0.3) is 0 Å². The Kier molecular flexibility index (Phi) is 4.57. The van der Waals surface area contributed by atoms with Crippen molar-refractivity contribution in [2.75, 3.05) is 0 Å². The molecule has 3 heteroatoms. The second-order valence-electron chi connectivity index (χ2n) is 6.82. The maximum atomic E-state index is 10.4. The van der Waals surface area contributed by atoms with E-state index >= 15 is 0 Å². The summed E-state index contributed by atoms with van der Waals surface area (Å²) in [5, 5.41) is 20.8. The van der Waals surface area contributed by atoms with E-state index in [9.17, 15) is 10.2 Å². The van der Waals surface area contributed by atoms with Crippen molar-refractivity contribution in [2.45, 2.75) is 53.1 Å². The van der Waals surface area contributed by atoms with Crippen molar-refractivity contribution in [1.29, 1.82) is 0 Å². The Morgan fingerprint density at radius 3 is 1.57 bits per heavy atom. The monoisotopic (exact) mass is 290 g/mol. The largest absolute Gasteiger partial charge is 0.367 e. The Morgan fingerprint density at radius 2 is 1.29 bits per heavy atom. The van der Waals surface area contributed by atoms with Gasteiger partial charge in [0.2, 0.25) is 0 Å². The zero-order valence-electron chi connectivity index (χ0n) is 13.3. The first-order valence-corrected chi connectivity index (χ1v) is 7.49. The number of rotatable bonds is 4. The van der Waals surface area contributed by atoms with Crippen LogP contribution in [0.25, 0.3) is 0 Å². The van der Waals surface area contributed by atoms with Crippen molar-refractivity contribution in [3.05, 3.63) is 47.6 Å². The number of allylic oxidation sites excluding steroid dienone is 6. The van der Waals surface area contributed by atoms with Crippen LogP contribution < -0.4 is 0 Å². The molecule has 2 rings (SSSR count). The van der Waals surface area contributed by atoms with Crippen LogP contribution in [0.1, 0.15) is 40.5 Å². The first-order chi connectivity index (χ1) is 9.75. The van der Waals surface area contributed by atoms with Crippen molar-refractivity contribution in [3.63, 3.8) is 0 Å². The Morgan fingerprint density at radius 1 is 0.905 bits per heavy atom. The molecule has 0 heterocycles. The molecule has 0 aromatic carbocycles. The Hall–Kier alpha value is -1.16. The summed E-state index contributed by atoms with van der Waals surface area (Å²) in [5.41, 5.74) is 1.37. The number of aliphatic hydroxyl groups is 2. The van der Waals surface area contributed by atoms with E-state index in [2.05, 4.69) is 12.2 Å². The summed E-state index contributed by atoms with van der Waals surface area (Å²) in [7, 11) is 0. The topological polar surface area (TPSA) is 49.7 Å². The SMILES string of the molecule is CC1=CCC(C)(C(O)OC(O)C2(C)C=CC(C)=CC2)C=C1. The van der Waals surface area contributed by atoms with Crippen LogP contribution in [-0.4, -0.2) is 22.8 Å². The standard InChI is InChI=1S/C18H26O3/c1-13-5-9-17(3,10-6-13)15(19)21-16(20)18(4)11-7-14(2)8-12-18/h5-9,11,15-16,19-20H,10,12H2,1-4H3. The molecule has 21 heavy (non-hydrogen) atoms. The Balaban J connectivity index is 2.01. The summed E-state index contributed by atoms with van der Waals surface area (Å²) in [4.78, 5) is 0. The van der Waals surface area contributed by atoms with Crippen LogP contribution in [-0.2, 0) is 4.74 Å². The van der Waals surface area contributed by atoms with Gasteiger partial charge in [0.1, 0.15) is 0 Å². The van der Waals surface area contributed by atoms with Gasteiger partial charge in [-0.1, -0.05) is 61.4 Å². The number of hydrogen-bond donors (Lipinski definition) is 2. The molecule has 0 aliphatic heterocycles. The number of aliphatic hydroxyl groups excluding tert-OH is 2. The van der Waals surface area contributed by atoms with Crippen LogP contribution >= 0.6 is 0 Å². The summed E-state index contributed by atoms with van der Waals surface area (Å²) >= 11 is 0. The summed E-state index contributed by atoms with van der Waals surface area (Å²) in [5.74, 6) is 0. The highest BCUT2D eigenvalue weighted by Gasteiger charge is 2.38. The molecule has 0 saturated carbocycles. The molecule has 4 unspecified atom stereocenters. The zero-order chi connectivity index (χ0) is 15.7. The fourth-order valence-corrected chi connectivity index (χ4v) is 2.48. The molecule has 0 amide bonds. The lowest BCUT2D eigenvalue weighted by Crippen LogP contribution is -2.42. The first kappa shape index (κ1) is 16.2. The lowest BCUT2D eigenvalue weighted by molar-refractivity contribution is -0.266. The highest BCUT2D eigenvalue weighted by molar-refractivity contribution is 5.26. The molecular formula is C18H26O3. The predicted octanol–water partition coefficient (Wildman–Crippen LogP) is 3.46. The predicted molar refractivity (Wildman–Crippen MR) is 84.3 cm³/mol. The van der Waals surface area contributed by atoms with Crippen molar-refractivity contribution in [2.24, 2.45) is 10.8 Å². The van der Waals surface area contributed by atoms with E-state index in [-0.39, 0.29) is 0 Å². The minimum atomic E-state index is -1.04. The highest BCUT2D eigenvalue weighted by atomic mass is 16.7. The molecule has 0 spiro atoms. The fourth-order valence-electron chi connectivity index (χ4n) is 2.48. The third kappa shape index (κ3) is 3.54. The second-order valence-corrected chi connectivity index (χ2v) is 6.82.